The number of imidazole rings is 1. The van der Waals surface area contributed by atoms with Crippen molar-refractivity contribution in [2.75, 3.05) is 18.0 Å². The fraction of sp³-hybridized carbons (Fsp3) is 0.263. The highest BCUT2D eigenvalue weighted by Crippen LogP contribution is 2.28. The largest absolute Gasteiger partial charge is 0.367 e. The van der Waals surface area contributed by atoms with Crippen LogP contribution in [-0.4, -0.2) is 48.7 Å². The van der Waals surface area contributed by atoms with E-state index in [2.05, 4.69) is 32.0 Å². The van der Waals surface area contributed by atoms with Gasteiger partial charge in [0.05, 0.1) is 41.5 Å². The second-order valence-corrected chi connectivity index (χ2v) is 7.27. The number of nitrogens with zero attached hydrogens (tertiary/aromatic N) is 6. The lowest BCUT2D eigenvalue weighted by Crippen LogP contribution is -2.43. The van der Waals surface area contributed by atoms with Gasteiger partial charge in [-0.2, -0.15) is 5.10 Å². The van der Waals surface area contributed by atoms with Crippen LogP contribution in [0, 0.1) is 0 Å². The van der Waals surface area contributed by atoms with Crippen LogP contribution in [0.3, 0.4) is 0 Å². The van der Waals surface area contributed by atoms with E-state index in [0.717, 1.165) is 29.1 Å². The van der Waals surface area contributed by atoms with Crippen molar-refractivity contribution in [2.24, 2.45) is 0 Å². The monoisotopic (exact) mass is 395 g/mol. The van der Waals surface area contributed by atoms with Crippen LogP contribution in [0.5, 0.6) is 0 Å². The average molecular weight is 396 g/mol. The molecule has 1 saturated heterocycles. The summed E-state index contributed by atoms with van der Waals surface area (Å²) >= 11 is 6.16. The summed E-state index contributed by atoms with van der Waals surface area (Å²) in [5.74, 6) is 0.665. The van der Waals surface area contributed by atoms with Crippen LogP contribution >= 0.6 is 11.6 Å². The minimum absolute atomic E-state index is 0.0514. The molecule has 1 aliphatic rings. The zero-order chi connectivity index (χ0) is 19.1. The Hall–Kier alpha value is -2.97. The Morgan fingerprint density at radius 3 is 2.96 bits per heavy atom. The van der Waals surface area contributed by atoms with Crippen LogP contribution < -0.4 is 4.90 Å². The summed E-state index contributed by atoms with van der Waals surface area (Å²) in [4.78, 5) is 15.9. The van der Waals surface area contributed by atoms with E-state index < -0.39 is 0 Å². The van der Waals surface area contributed by atoms with Crippen molar-refractivity contribution in [2.45, 2.75) is 19.1 Å². The minimum Gasteiger partial charge on any atom is -0.367 e. The Morgan fingerprint density at radius 2 is 2.11 bits per heavy atom. The Bertz CT molecular complexity index is 1110. The normalized spacial score (nSPS) is 20.0. The lowest BCUT2D eigenvalue weighted by Gasteiger charge is -2.36. The average Bonchev–Trinajstić information content (AvgIpc) is 3.37. The maximum Gasteiger partial charge on any atom is 0.226 e. The molecule has 5 heterocycles. The third-order valence-electron chi connectivity index (χ3n) is 4.81. The topological polar surface area (TPSA) is 84.2 Å². The van der Waals surface area contributed by atoms with Gasteiger partial charge in [0, 0.05) is 30.7 Å². The van der Waals surface area contributed by atoms with Crippen LogP contribution in [0.4, 0.5) is 5.95 Å². The van der Waals surface area contributed by atoms with Gasteiger partial charge in [-0.05, 0) is 25.1 Å². The smallest absolute Gasteiger partial charge is 0.226 e. The third kappa shape index (κ3) is 3.10. The molecule has 0 bridgehead atoms. The number of anilines is 1. The zero-order valence-corrected chi connectivity index (χ0v) is 15.9. The van der Waals surface area contributed by atoms with E-state index in [4.69, 9.17) is 21.3 Å². The molecule has 4 aromatic heterocycles. The summed E-state index contributed by atoms with van der Waals surface area (Å²) in [7, 11) is 0. The van der Waals surface area contributed by atoms with Crippen molar-refractivity contribution < 1.29 is 4.74 Å². The first-order valence-electron chi connectivity index (χ1n) is 9.02. The Balaban J connectivity index is 1.49. The van der Waals surface area contributed by atoms with E-state index in [1.165, 1.54) is 0 Å². The number of aromatic amines is 1. The van der Waals surface area contributed by atoms with Crippen molar-refractivity contribution in [3.05, 3.63) is 59.8 Å². The number of ether oxygens (including phenoxy) is 1. The number of pyridine rings is 1. The summed E-state index contributed by atoms with van der Waals surface area (Å²) in [6, 6.07) is 5.59. The first-order chi connectivity index (χ1) is 13.7. The van der Waals surface area contributed by atoms with Crippen LogP contribution in [-0.2, 0) is 4.74 Å². The molecule has 0 amide bonds. The van der Waals surface area contributed by atoms with Crippen molar-refractivity contribution in [3.8, 4) is 11.4 Å². The minimum atomic E-state index is -0.0793. The number of fused-ring (bicyclic) bond motifs is 1. The summed E-state index contributed by atoms with van der Waals surface area (Å²) in [5.41, 5.74) is 3.50. The molecule has 1 fully saturated rings. The molecule has 0 saturated carbocycles. The molecule has 1 N–H and O–H groups in total. The van der Waals surface area contributed by atoms with Crippen LogP contribution in [0.2, 0.25) is 5.02 Å². The fourth-order valence-corrected chi connectivity index (χ4v) is 3.68. The van der Waals surface area contributed by atoms with Gasteiger partial charge in [0.1, 0.15) is 11.8 Å². The van der Waals surface area contributed by atoms with E-state index in [-0.39, 0.29) is 12.2 Å². The van der Waals surface area contributed by atoms with Gasteiger partial charge in [0.2, 0.25) is 5.95 Å². The Kier molecular flexibility index (Phi) is 4.22. The second kappa shape index (κ2) is 6.88. The third-order valence-corrected chi connectivity index (χ3v) is 5.03. The number of morpholine rings is 1. The van der Waals surface area contributed by atoms with Gasteiger partial charge < -0.3 is 9.64 Å². The van der Waals surface area contributed by atoms with Crippen molar-refractivity contribution >= 4 is 23.2 Å². The predicted octanol–water partition coefficient (Wildman–Crippen LogP) is 3.13. The molecule has 1 aliphatic heterocycles. The molecular formula is C19H18ClN7O. The molecule has 0 aromatic carbocycles. The standard InChI is InChI=1S/C19H18ClN7O/c1-12-9-26(11-17(28-12)13-6-23-24-7-13)19-21-5-4-15(25-19)16-8-22-18-3-2-14(20)10-27(16)18/h2-8,10,12,17H,9,11H2,1H3,(H,23,24)/t12-,17+/m1/s1. The maximum atomic E-state index is 6.16. The first kappa shape index (κ1) is 17.2. The lowest BCUT2D eigenvalue weighted by molar-refractivity contribution is -0.0178. The summed E-state index contributed by atoms with van der Waals surface area (Å²) in [6.45, 7) is 3.43. The summed E-state index contributed by atoms with van der Waals surface area (Å²) in [6.07, 6.45) is 9.04. The van der Waals surface area contributed by atoms with Gasteiger partial charge in [0.15, 0.2) is 0 Å². The zero-order valence-electron chi connectivity index (χ0n) is 15.2. The molecule has 0 radical (unpaired) electrons. The van der Waals surface area contributed by atoms with Gasteiger partial charge in [-0.1, -0.05) is 11.6 Å². The number of aromatic nitrogens is 6. The second-order valence-electron chi connectivity index (χ2n) is 6.83. The summed E-state index contributed by atoms with van der Waals surface area (Å²) in [5, 5.41) is 7.52. The maximum absolute atomic E-state index is 6.16. The lowest BCUT2D eigenvalue weighted by atomic mass is 10.1. The van der Waals surface area contributed by atoms with Crippen molar-refractivity contribution in [1.82, 2.24) is 29.5 Å². The predicted molar refractivity (Wildman–Crippen MR) is 105 cm³/mol. The molecule has 9 heteroatoms. The number of halogens is 1. The van der Waals surface area contributed by atoms with Gasteiger partial charge >= 0.3 is 0 Å². The quantitative estimate of drug-likeness (QED) is 0.573. The van der Waals surface area contributed by atoms with Gasteiger partial charge in [-0.15, -0.1) is 0 Å². The van der Waals surface area contributed by atoms with Crippen molar-refractivity contribution in [3.63, 3.8) is 0 Å². The molecule has 2 atom stereocenters. The van der Waals surface area contributed by atoms with E-state index in [1.807, 2.05) is 35.0 Å². The number of rotatable bonds is 3. The molecule has 8 nitrogen and oxygen atoms in total. The number of nitrogens with one attached hydrogen (secondary N) is 1. The molecule has 28 heavy (non-hydrogen) atoms. The number of hydrogen-bond donors (Lipinski definition) is 1. The molecule has 0 spiro atoms. The van der Waals surface area contributed by atoms with Crippen LogP contribution in [0.25, 0.3) is 17.0 Å². The fourth-order valence-electron chi connectivity index (χ4n) is 3.52. The molecule has 0 unspecified atom stereocenters. The molecule has 142 valence electrons. The van der Waals surface area contributed by atoms with Crippen LogP contribution in [0.1, 0.15) is 18.6 Å². The van der Waals surface area contributed by atoms with Gasteiger partial charge in [-0.25, -0.2) is 15.0 Å². The SMILES string of the molecule is C[C@@H]1CN(c2nccc(-c3cnc4ccc(Cl)cn34)n2)C[C@@H](c2cn[nH]c2)O1. The highest BCUT2D eigenvalue weighted by atomic mass is 35.5. The van der Waals surface area contributed by atoms with Crippen molar-refractivity contribution in [1.29, 1.82) is 0 Å². The summed E-state index contributed by atoms with van der Waals surface area (Å²) < 4.78 is 8.00. The number of hydrogen-bond acceptors (Lipinski definition) is 6. The molecule has 4 aromatic rings. The highest BCUT2D eigenvalue weighted by molar-refractivity contribution is 6.30. The molecule has 5 rings (SSSR count). The molecule has 0 aliphatic carbocycles. The van der Waals surface area contributed by atoms with Crippen LogP contribution in [0.15, 0.2) is 49.2 Å². The highest BCUT2D eigenvalue weighted by Gasteiger charge is 2.28. The Morgan fingerprint density at radius 1 is 1.18 bits per heavy atom. The Labute approximate surface area is 166 Å². The van der Waals surface area contributed by atoms with Gasteiger partial charge in [0.25, 0.3) is 0 Å². The van der Waals surface area contributed by atoms with E-state index in [9.17, 15) is 0 Å². The van der Waals surface area contributed by atoms with E-state index >= 15 is 0 Å². The van der Waals surface area contributed by atoms with E-state index in [1.54, 1.807) is 18.6 Å². The van der Waals surface area contributed by atoms with Gasteiger partial charge in [-0.3, -0.25) is 9.50 Å². The molecular weight excluding hydrogens is 378 g/mol. The first-order valence-corrected chi connectivity index (χ1v) is 9.40. The van der Waals surface area contributed by atoms with E-state index in [0.29, 0.717) is 17.5 Å². The number of H-pyrrole nitrogens is 1.